The summed E-state index contributed by atoms with van der Waals surface area (Å²) in [5, 5.41) is 0. The van der Waals surface area contributed by atoms with Gasteiger partial charge in [-0.25, -0.2) is 5.43 Å². The zero-order valence-corrected chi connectivity index (χ0v) is 13.6. The van der Waals surface area contributed by atoms with Gasteiger partial charge in [-0.2, -0.15) is 0 Å². The normalized spacial score (nSPS) is 27.6. The van der Waals surface area contributed by atoms with Crippen molar-refractivity contribution in [3.63, 3.8) is 0 Å². The molecule has 1 fully saturated rings. The molecule has 3 N–H and O–H groups in total. The number of hydrogen-bond donors (Lipinski definition) is 2. The quantitative estimate of drug-likeness (QED) is 0.643. The first-order chi connectivity index (χ1) is 10.0. The summed E-state index contributed by atoms with van der Waals surface area (Å²) in [5.41, 5.74) is 3.88. The number of hydrogen-bond acceptors (Lipinski definition) is 5. The predicted octanol–water partition coefficient (Wildman–Crippen LogP) is 2.11. The molecule has 0 aromatic carbocycles. The maximum absolute atomic E-state index is 5.96. The highest BCUT2D eigenvalue weighted by molar-refractivity contribution is 5.32. The van der Waals surface area contributed by atoms with Crippen LogP contribution in [0.1, 0.15) is 44.3 Å². The zero-order valence-electron chi connectivity index (χ0n) is 13.6. The van der Waals surface area contributed by atoms with E-state index in [9.17, 15) is 0 Å². The molecule has 0 aliphatic heterocycles. The molecule has 1 saturated carbocycles. The number of ether oxygens (including phenoxy) is 1. The summed E-state index contributed by atoms with van der Waals surface area (Å²) in [6.45, 7) is 2.32. The van der Waals surface area contributed by atoms with Crippen LogP contribution in [0, 0.1) is 5.92 Å². The average molecular weight is 292 g/mol. The lowest BCUT2D eigenvalue weighted by molar-refractivity contribution is 0.0343. The third-order valence-corrected chi connectivity index (χ3v) is 4.90. The van der Waals surface area contributed by atoms with Gasteiger partial charge in [0.1, 0.15) is 11.4 Å². The summed E-state index contributed by atoms with van der Waals surface area (Å²) in [6, 6.07) is 3.79. The van der Waals surface area contributed by atoms with Crippen LogP contribution >= 0.6 is 0 Å². The fourth-order valence-electron chi connectivity index (χ4n) is 3.77. The third kappa shape index (κ3) is 3.05. The van der Waals surface area contributed by atoms with Gasteiger partial charge in [-0.15, -0.1) is 0 Å². The van der Waals surface area contributed by atoms with E-state index in [2.05, 4.69) is 36.3 Å². The molecule has 1 aliphatic rings. The molecular formula is C16H28N4O. The van der Waals surface area contributed by atoms with Crippen molar-refractivity contribution in [1.82, 2.24) is 15.3 Å². The number of nitrogens with two attached hydrogens (primary N) is 1. The van der Waals surface area contributed by atoms with Gasteiger partial charge in [0.2, 0.25) is 0 Å². The number of nitrogens with one attached hydrogen (secondary N) is 1. The summed E-state index contributed by atoms with van der Waals surface area (Å²) < 4.78 is 5.49. The van der Waals surface area contributed by atoms with Gasteiger partial charge in [0.25, 0.3) is 0 Å². The van der Waals surface area contributed by atoms with E-state index >= 15 is 0 Å². The molecule has 118 valence electrons. The predicted molar refractivity (Wildman–Crippen MR) is 84.9 cm³/mol. The summed E-state index contributed by atoms with van der Waals surface area (Å²) in [4.78, 5) is 6.86. The summed E-state index contributed by atoms with van der Waals surface area (Å²) >= 11 is 0. The molecule has 3 atom stereocenters. The molecular weight excluding hydrogens is 264 g/mol. The van der Waals surface area contributed by atoms with E-state index in [1.807, 2.05) is 12.1 Å². The van der Waals surface area contributed by atoms with Crippen LogP contribution in [-0.2, 0) is 0 Å². The van der Waals surface area contributed by atoms with Crippen LogP contribution in [0.4, 0.5) is 0 Å². The van der Waals surface area contributed by atoms with Crippen LogP contribution in [0.15, 0.2) is 18.3 Å². The first-order valence-electron chi connectivity index (χ1n) is 7.67. The molecule has 0 radical (unpaired) electrons. The van der Waals surface area contributed by atoms with E-state index in [4.69, 9.17) is 10.6 Å². The lowest BCUT2D eigenvalue weighted by Gasteiger charge is -2.49. The zero-order chi connectivity index (χ0) is 15.5. The Hall–Kier alpha value is -1.17. The number of aromatic nitrogens is 1. The van der Waals surface area contributed by atoms with Crippen molar-refractivity contribution in [2.45, 2.75) is 44.2 Å². The fourth-order valence-corrected chi connectivity index (χ4v) is 3.77. The van der Waals surface area contributed by atoms with Crippen molar-refractivity contribution in [3.05, 3.63) is 24.0 Å². The molecule has 1 aromatic rings. The smallest absolute Gasteiger partial charge is 0.142 e. The number of nitrogens with zero attached hydrogens (tertiary/aromatic N) is 2. The minimum absolute atomic E-state index is 0.0337. The summed E-state index contributed by atoms with van der Waals surface area (Å²) in [7, 11) is 5.95. The second kappa shape index (κ2) is 6.73. The molecule has 5 heteroatoms. The van der Waals surface area contributed by atoms with Crippen molar-refractivity contribution in [1.29, 1.82) is 0 Å². The number of likely N-dealkylation sites (N-methyl/N-ethyl adjacent to an activating group) is 1. The highest BCUT2D eigenvalue weighted by Crippen LogP contribution is 2.44. The summed E-state index contributed by atoms with van der Waals surface area (Å²) in [5.74, 6) is 7.43. The molecule has 2 rings (SSSR count). The highest BCUT2D eigenvalue weighted by atomic mass is 16.5. The van der Waals surface area contributed by atoms with Crippen LogP contribution in [0.3, 0.4) is 0 Å². The molecule has 5 nitrogen and oxygen atoms in total. The molecule has 3 unspecified atom stereocenters. The standard InChI is InChI=1S/C16H28N4O/c1-12-7-5-9-16(11-12,20(2)3)15(19-17)14-13(21-4)8-6-10-18-14/h6,8,10,12,15,19H,5,7,9,11,17H2,1-4H3. The molecule has 0 saturated heterocycles. The number of rotatable bonds is 5. The van der Waals surface area contributed by atoms with Gasteiger partial charge in [-0.05, 0) is 45.0 Å². The minimum atomic E-state index is -0.0496. The molecule has 0 spiro atoms. The first-order valence-corrected chi connectivity index (χ1v) is 7.67. The maximum Gasteiger partial charge on any atom is 0.142 e. The van der Waals surface area contributed by atoms with Gasteiger partial charge >= 0.3 is 0 Å². The van der Waals surface area contributed by atoms with Gasteiger partial charge in [-0.1, -0.05) is 19.8 Å². The van der Waals surface area contributed by atoms with Crippen LogP contribution in [-0.4, -0.2) is 36.6 Å². The molecule has 1 aliphatic carbocycles. The Bertz CT molecular complexity index is 465. The lowest BCUT2D eigenvalue weighted by Crippen LogP contribution is -2.57. The second-order valence-electron chi connectivity index (χ2n) is 6.39. The van der Waals surface area contributed by atoms with E-state index in [1.54, 1.807) is 13.3 Å². The Labute approximate surface area is 127 Å². The second-order valence-corrected chi connectivity index (χ2v) is 6.39. The fraction of sp³-hybridized carbons (Fsp3) is 0.688. The van der Waals surface area contributed by atoms with Gasteiger partial charge in [0.15, 0.2) is 0 Å². The van der Waals surface area contributed by atoms with E-state index < -0.39 is 0 Å². The molecule has 21 heavy (non-hydrogen) atoms. The third-order valence-electron chi connectivity index (χ3n) is 4.90. The van der Waals surface area contributed by atoms with E-state index in [1.165, 1.54) is 12.8 Å². The van der Waals surface area contributed by atoms with Crippen molar-refractivity contribution >= 4 is 0 Å². The average Bonchev–Trinajstić information content (AvgIpc) is 2.48. The van der Waals surface area contributed by atoms with Crippen molar-refractivity contribution in [2.75, 3.05) is 21.2 Å². The largest absolute Gasteiger partial charge is 0.495 e. The van der Waals surface area contributed by atoms with Crippen molar-refractivity contribution < 1.29 is 4.74 Å². The Balaban J connectivity index is 2.45. The van der Waals surface area contributed by atoms with Crippen molar-refractivity contribution in [3.8, 4) is 5.75 Å². The maximum atomic E-state index is 5.96. The van der Waals surface area contributed by atoms with Crippen LogP contribution < -0.4 is 16.0 Å². The highest BCUT2D eigenvalue weighted by Gasteiger charge is 2.45. The van der Waals surface area contributed by atoms with Gasteiger partial charge in [-0.3, -0.25) is 10.8 Å². The minimum Gasteiger partial charge on any atom is -0.495 e. The number of pyridine rings is 1. The van der Waals surface area contributed by atoms with Gasteiger partial charge in [0, 0.05) is 11.7 Å². The summed E-state index contributed by atoms with van der Waals surface area (Å²) in [6.07, 6.45) is 6.52. The first kappa shape index (κ1) is 16.2. The Morgan fingerprint density at radius 3 is 2.86 bits per heavy atom. The molecule has 1 heterocycles. The molecule has 0 bridgehead atoms. The topological polar surface area (TPSA) is 63.4 Å². The van der Waals surface area contributed by atoms with Crippen LogP contribution in [0.5, 0.6) is 5.75 Å². The monoisotopic (exact) mass is 292 g/mol. The van der Waals surface area contributed by atoms with E-state index in [-0.39, 0.29) is 11.6 Å². The number of hydrazine groups is 1. The van der Waals surface area contributed by atoms with Gasteiger partial charge < -0.3 is 9.64 Å². The van der Waals surface area contributed by atoms with Crippen molar-refractivity contribution in [2.24, 2.45) is 11.8 Å². The Morgan fingerprint density at radius 2 is 2.29 bits per heavy atom. The molecule has 1 aromatic heterocycles. The SMILES string of the molecule is COc1cccnc1C(NN)C1(N(C)C)CCCC(C)C1. The Morgan fingerprint density at radius 1 is 1.52 bits per heavy atom. The number of methoxy groups -OCH3 is 1. The van der Waals surface area contributed by atoms with Crippen LogP contribution in [0.25, 0.3) is 0 Å². The van der Waals surface area contributed by atoms with Gasteiger partial charge in [0.05, 0.1) is 13.2 Å². The Kier molecular flexibility index (Phi) is 5.19. The molecule has 0 amide bonds. The lowest BCUT2D eigenvalue weighted by atomic mass is 9.70. The van der Waals surface area contributed by atoms with Crippen LogP contribution in [0.2, 0.25) is 0 Å². The van der Waals surface area contributed by atoms with E-state index in [0.717, 1.165) is 24.3 Å². The van der Waals surface area contributed by atoms with E-state index in [0.29, 0.717) is 5.92 Å².